The number of benzene rings is 2. The van der Waals surface area contributed by atoms with Crippen molar-refractivity contribution in [3.05, 3.63) is 84.0 Å². The third kappa shape index (κ3) is 2.10. The summed E-state index contributed by atoms with van der Waals surface area (Å²) in [5, 5.41) is 19.0. The summed E-state index contributed by atoms with van der Waals surface area (Å²) >= 11 is 0. The predicted octanol–water partition coefficient (Wildman–Crippen LogP) is 3.90. The van der Waals surface area contributed by atoms with Crippen molar-refractivity contribution in [2.75, 3.05) is 0 Å². The number of rotatable bonds is 2. The van der Waals surface area contributed by atoms with Crippen molar-refractivity contribution >= 4 is 0 Å². The molecular weight excluding hydrogens is 248 g/mol. The number of allylic oxidation sites excluding steroid dienone is 4. The molecule has 0 bridgehead atoms. The van der Waals surface area contributed by atoms with Gasteiger partial charge in [0.05, 0.1) is 0 Å². The number of hydrogen-bond acceptors (Lipinski definition) is 2. The molecule has 0 amide bonds. The average molecular weight is 264 g/mol. The summed E-state index contributed by atoms with van der Waals surface area (Å²) in [4.78, 5) is 0. The van der Waals surface area contributed by atoms with Gasteiger partial charge in [0.1, 0.15) is 11.5 Å². The lowest BCUT2D eigenvalue weighted by Gasteiger charge is -2.32. The van der Waals surface area contributed by atoms with Crippen LogP contribution in [0.4, 0.5) is 0 Å². The normalized spacial score (nSPS) is 16.2. The Morgan fingerprint density at radius 3 is 1.60 bits per heavy atom. The molecule has 1 aliphatic carbocycles. The molecule has 20 heavy (non-hydrogen) atoms. The molecule has 1 aliphatic rings. The van der Waals surface area contributed by atoms with Crippen molar-refractivity contribution in [1.29, 1.82) is 0 Å². The van der Waals surface area contributed by atoms with E-state index < -0.39 is 0 Å². The first kappa shape index (κ1) is 12.5. The molecule has 2 aromatic rings. The van der Waals surface area contributed by atoms with Crippen LogP contribution in [0.5, 0.6) is 11.5 Å². The Labute approximate surface area is 118 Å². The first-order chi connectivity index (χ1) is 9.71. The lowest BCUT2D eigenvalue weighted by Crippen LogP contribution is -2.25. The number of aromatic hydroxyl groups is 2. The molecule has 2 heteroatoms. The van der Waals surface area contributed by atoms with E-state index in [1.54, 1.807) is 24.3 Å². The van der Waals surface area contributed by atoms with Crippen LogP contribution < -0.4 is 0 Å². The van der Waals surface area contributed by atoms with Gasteiger partial charge in [-0.2, -0.15) is 0 Å². The summed E-state index contributed by atoms with van der Waals surface area (Å²) in [6.45, 7) is 0. The minimum Gasteiger partial charge on any atom is -0.508 e. The fraction of sp³-hybridized carbons (Fsp3) is 0.111. The summed E-state index contributed by atoms with van der Waals surface area (Å²) in [6, 6.07) is 14.6. The lowest BCUT2D eigenvalue weighted by molar-refractivity contribution is 0.474. The van der Waals surface area contributed by atoms with E-state index in [-0.39, 0.29) is 16.9 Å². The first-order valence-corrected chi connectivity index (χ1v) is 6.64. The van der Waals surface area contributed by atoms with Crippen molar-refractivity contribution < 1.29 is 10.2 Å². The molecule has 0 unspecified atom stereocenters. The Morgan fingerprint density at radius 2 is 1.20 bits per heavy atom. The van der Waals surface area contributed by atoms with Gasteiger partial charge < -0.3 is 10.2 Å². The van der Waals surface area contributed by atoms with Crippen LogP contribution in [0, 0.1) is 0 Å². The van der Waals surface area contributed by atoms with E-state index in [2.05, 4.69) is 12.2 Å². The molecule has 0 aliphatic heterocycles. The predicted molar refractivity (Wildman–Crippen MR) is 79.9 cm³/mol. The van der Waals surface area contributed by atoms with E-state index in [9.17, 15) is 10.2 Å². The van der Waals surface area contributed by atoms with E-state index in [1.165, 1.54) is 0 Å². The quantitative estimate of drug-likeness (QED) is 0.863. The molecule has 0 saturated carbocycles. The Balaban J connectivity index is 2.14. The van der Waals surface area contributed by atoms with Gasteiger partial charge in [-0.15, -0.1) is 0 Å². The first-order valence-electron chi connectivity index (χ1n) is 6.64. The Hall–Kier alpha value is -2.48. The largest absolute Gasteiger partial charge is 0.508 e. The van der Waals surface area contributed by atoms with Gasteiger partial charge in [0.15, 0.2) is 0 Å². The van der Waals surface area contributed by atoms with Crippen molar-refractivity contribution in [3.63, 3.8) is 0 Å². The monoisotopic (exact) mass is 264 g/mol. The highest BCUT2D eigenvalue weighted by atomic mass is 16.3. The van der Waals surface area contributed by atoms with E-state index in [0.717, 1.165) is 17.5 Å². The van der Waals surface area contributed by atoms with Gasteiger partial charge in [0, 0.05) is 5.41 Å². The average Bonchev–Trinajstić information content (AvgIpc) is 2.49. The van der Waals surface area contributed by atoms with Gasteiger partial charge in [-0.3, -0.25) is 0 Å². The molecular formula is C18H16O2. The molecule has 2 nitrogen and oxygen atoms in total. The molecule has 0 atom stereocenters. The van der Waals surface area contributed by atoms with Gasteiger partial charge in [-0.05, 0) is 41.8 Å². The Kier molecular flexibility index (Phi) is 3.07. The molecule has 2 N–H and O–H groups in total. The zero-order chi connectivity index (χ0) is 14.0. The zero-order valence-corrected chi connectivity index (χ0v) is 11.0. The second-order valence-corrected chi connectivity index (χ2v) is 5.06. The van der Waals surface area contributed by atoms with Crippen molar-refractivity contribution in [2.45, 2.75) is 11.8 Å². The summed E-state index contributed by atoms with van der Waals surface area (Å²) < 4.78 is 0. The van der Waals surface area contributed by atoms with Crippen LogP contribution in [0.2, 0.25) is 0 Å². The molecule has 0 aromatic heterocycles. The summed E-state index contributed by atoms with van der Waals surface area (Å²) in [7, 11) is 0. The van der Waals surface area contributed by atoms with E-state index >= 15 is 0 Å². The van der Waals surface area contributed by atoms with Crippen LogP contribution in [-0.2, 0) is 5.41 Å². The van der Waals surface area contributed by atoms with E-state index in [1.807, 2.05) is 36.4 Å². The molecule has 2 aromatic carbocycles. The van der Waals surface area contributed by atoms with Crippen LogP contribution in [-0.4, -0.2) is 10.2 Å². The van der Waals surface area contributed by atoms with Gasteiger partial charge >= 0.3 is 0 Å². The van der Waals surface area contributed by atoms with Crippen LogP contribution in [0.25, 0.3) is 0 Å². The fourth-order valence-corrected chi connectivity index (χ4v) is 2.73. The lowest BCUT2D eigenvalue weighted by atomic mass is 9.70. The molecule has 100 valence electrons. The minimum atomic E-state index is -0.240. The standard InChI is InChI=1S/C18H16O2/c19-16-8-4-14(5-9-16)18(12-2-1-3-13-18)15-6-10-17(20)11-7-15/h1-12,19-20H,13H2. The summed E-state index contributed by atoms with van der Waals surface area (Å²) in [5.74, 6) is 0.537. The SMILES string of the molecule is Oc1ccc(C2(c3ccc(O)cc3)C=CC=CC2)cc1. The van der Waals surface area contributed by atoms with E-state index in [0.29, 0.717) is 0 Å². The van der Waals surface area contributed by atoms with Crippen molar-refractivity contribution in [1.82, 2.24) is 0 Å². The number of hydrogen-bond donors (Lipinski definition) is 2. The molecule has 0 spiro atoms. The van der Waals surface area contributed by atoms with Crippen LogP contribution in [0.15, 0.2) is 72.8 Å². The number of phenols is 2. The third-order valence-corrected chi connectivity index (χ3v) is 3.83. The maximum absolute atomic E-state index is 9.48. The Morgan fingerprint density at radius 1 is 0.700 bits per heavy atom. The minimum absolute atomic E-state index is 0.240. The fourth-order valence-electron chi connectivity index (χ4n) is 2.73. The van der Waals surface area contributed by atoms with Crippen LogP contribution in [0.1, 0.15) is 17.5 Å². The molecule has 0 fully saturated rings. The topological polar surface area (TPSA) is 40.5 Å². The maximum atomic E-state index is 9.48. The highest BCUT2D eigenvalue weighted by Crippen LogP contribution is 2.40. The zero-order valence-electron chi connectivity index (χ0n) is 11.0. The second kappa shape index (κ2) is 4.89. The molecule has 0 radical (unpaired) electrons. The maximum Gasteiger partial charge on any atom is 0.115 e. The van der Waals surface area contributed by atoms with Gasteiger partial charge in [0.25, 0.3) is 0 Å². The molecule has 3 rings (SSSR count). The van der Waals surface area contributed by atoms with Gasteiger partial charge in [0.2, 0.25) is 0 Å². The summed E-state index contributed by atoms with van der Waals surface area (Å²) in [5.41, 5.74) is 2.01. The van der Waals surface area contributed by atoms with E-state index in [4.69, 9.17) is 0 Å². The summed E-state index contributed by atoms with van der Waals surface area (Å²) in [6.07, 6.45) is 9.26. The third-order valence-electron chi connectivity index (χ3n) is 3.83. The Bertz CT molecular complexity index is 603. The molecule has 0 saturated heterocycles. The second-order valence-electron chi connectivity index (χ2n) is 5.06. The highest BCUT2D eigenvalue weighted by molar-refractivity contribution is 5.49. The smallest absolute Gasteiger partial charge is 0.115 e. The molecule has 0 heterocycles. The van der Waals surface area contributed by atoms with Crippen LogP contribution >= 0.6 is 0 Å². The van der Waals surface area contributed by atoms with Crippen molar-refractivity contribution in [3.8, 4) is 11.5 Å². The van der Waals surface area contributed by atoms with Crippen LogP contribution in [0.3, 0.4) is 0 Å². The van der Waals surface area contributed by atoms with Crippen molar-refractivity contribution in [2.24, 2.45) is 0 Å². The van der Waals surface area contributed by atoms with Gasteiger partial charge in [-0.25, -0.2) is 0 Å². The van der Waals surface area contributed by atoms with Gasteiger partial charge in [-0.1, -0.05) is 48.6 Å². The number of phenolic OH excluding ortho intramolecular Hbond substituents is 2. The highest BCUT2D eigenvalue weighted by Gasteiger charge is 2.31.